The summed E-state index contributed by atoms with van der Waals surface area (Å²) in [6.07, 6.45) is 5.48. The number of allylic oxidation sites excluding steroid dienone is 3. The molecule has 0 aliphatic heterocycles. The van der Waals surface area contributed by atoms with E-state index in [1.807, 2.05) is 13.0 Å². The van der Waals surface area contributed by atoms with Crippen LogP contribution in [-0.4, -0.2) is 13.1 Å². The average molecular weight is 274 g/mol. The Hall–Kier alpha value is -2.03. The number of para-hydroxylation sites is 2. The molecule has 0 radical (unpaired) electrons. The number of hydrogen-bond acceptors (Lipinski definition) is 3. The second kappa shape index (κ2) is 8.20. The summed E-state index contributed by atoms with van der Waals surface area (Å²) < 4.78 is 10.4. The summed E-state index contributed by atoms with van der Waals surface area (Å²) in [7, 11) is 1.55. The highest BCUT2D eigenvalue weighted by atomic mass is 16.6. The molecule has 0 heterocycles. The largest absolute Gasteiger partial charge is 0.493 e. The summed E-state index contributed by atoms with van der Waals surface area (Å²) in [4.78, 5) is 11.8. The summed E-state index contributed by atoms with van der Waals surface area (Å²) in [6, 6.07) is 7.10. The summed E-state index contributed by atoms with van der Waals surface area (Å²) in [5.41, 5.74) is 2.29. The fourth-order valence-corrected chi connectivity index (χ4v) is 1.70. The topological polar surface area (TPSA) is 35.5 Å². The molecule has 0 N–H and O–H groups in total. The molecule has 0 spiro atoms. The predicted molar refractivity (Wildman–Crippen MR) is 81.1 cm³/mol. The van der Waals surface area contributed by atoms with Crippen molar-refractivity contribution < 1.29 is 14.3 Å². The lowest BCUT2D eigenvalue weighted by Crippen LogP contribution is -2.06. The van der Waals surface area contributed by atoms with Crippen LogP contribution in [0.3, 0.4) is 0 Å². The smallest absolute Gasteiger partial charge is 0.336 e. The van der Waals surface area contributed by atoms with Crippen molar-refractivity contribution in [1.82, 2.24) is 0 Å². The van der Waals surface area contributed by atoms with E-state index in [9.17, 15) is 4.79 Å². The Labute approximate surface area is 120 Å². The molecule has 1 aromatic carbocycles. The van der Waals surface area contributed by atoms with Gasteiger partial charge >= 0.3 is 5.97 Å². The summed E-state index contributed by atoms with van der Waals surface area (Å²) in [5.74, 6) is 0.619. The third-order valence-electron chi connectivity index (χ3n) is 2.74. The minimum Gasteiger partial charge on any atom is -0.493 e. The molecule has 20 heavy (non-hydrogen) atoms. The van der Waals surface area contributed by atoms with Crippen molar-refractivity contribution in [3.63, 3.8) is 0 Å². The quantitative estimate of drug-likeness (QED) is 0.336. The van der Waals surface area contributed by atoms with Crippen molar-refractivity contribution in [3.05, 3.63) is 47.6 Å². The van der Waals surface area contributed by atoms with Gasteiger partial charge in [0.15, 0.2) is 11.5 Å². The zero-order valence-corrected chi connectivity index (χ0v) is 12.6. The highest BCUT2D eigenvalue weighted by Crippen LogP contribution is 2.26. The van der Waals surface area contributed by atoms with Gasteiger partial charge in [-0.1, -0.05) is 29.4 Å². The molecule has 0 saturated heterocycles. The first kappa shape index (κ1) is 16.0. The van der Waals surface area contributed by atoms with Crippen LogP contribution >= 0.6 is 0 Å². The van der Waals surface area contributed by atoms with Crippen molar-refractivity contribution in [2.24, 2.45) is 0 Å². The Balaban J connectivity index is 2.60. The van der Waals surface area contributed by atoms with Crippen LogP contribution < -0.4 is 9.47 Å². The third-order valence-corrected chi connectivity index (χ3v) is 2.74. The minimum absolute atomic E-state index is 0.371. The molecular formula is C17H22O3. The highest BCUT2D eigenvalue weighted by Gasteiger charge is 2.07. The normalized spacial score (nSPS) is 10.9. The van der Waals surface area contributed by atoms with E-state index in [2.05, 4.69) is 19.9 Å². The van der Waals surface area contributed by atoms with Crippen LogP contribution in [0.4, 0.5) is 0 Å². The van der Waals surface area contributed by atoms with Crippen LogP contribution in [0.5, 0.6) is 11.5 Å². The van der Waals surface area contributed by atoms with Crippen LogP contribution in [-0.2, 0) is 4.79 Å². The van der Waals surface area contributed by atoms with Crippen molar-refractivity contribution in [2.75, 3.05) is 7.11 Å². The van der Waals surface area contributed by atoms with Crippen molar-refractivity contribution in [1.29, 1.82) is 0 Å². The van der Waals surface area contributed by atoms with Crippen LogP contribution in [0.15, 0.2) is 47.6 Å². The van der Waals surface area contributed by atoms with Crippen molar-refractivity contribution in [2.45, 2.75) is 33.6 Å². The zero-order chi connectivity index (χ0) is 15.0. The average Bonchev–Trinajstić information content (AvgIpc) is 2.38. The van der Waals surface area contributed by atoms with Gasteiger partial charge in [0.25, 0.3) is 0 Å². The molecule has 0 saturated carbocycles. The molecule has 0 bridgehead atoms. The molecule has 1 rings (SSSR count). The number of hydrogen-bond donors (Lipinski definition) is 0. The van der Waals surface area contributed by atoms with E-state index in [1.165, 1.54) is 11.6 Å². The predicted octanol–water partition coefficient (Wildman–Crippen LogP) is 4.29. The maximum absolute atomic E-state index is 11.8. The number of benzene rings is 1. The highest BCUT2D eigenvalue weighted by molar-refractivity contribution is 5.85. The van der Waals surface area contributed by atoms with E-state index in [-0.39, 0.29) is 5.97 Å². The minimum atomic E-state index is -0.371. The van der Waals surface area contributed by atoms with Gasteiger partial charge in [0.05, 0.1) is 7.11 Å². The fraction of sp³-hybridized carbons (Fsp3) is 0.353. The van der Waals surface area contributed by atoms with E-state index in [0.29, 0.717) is 11.5 Å². The number of carbonyl (C=O) groups excluding carboxylic acids is 1. The molecule has 0 aliphatic rings. The first-order chi connectivity index (χ1) is 9.52. The lowest BCUT2D eigenvalue weighted by molar-refractivity contribution is -0.129. The van der Waals surface area contributed by atoms with Crippen LogP contribution in [0.2, 0.25) is 0 Å². The van der Waals surface area contributed by atoms with Gasteiger partial charge in [-0.05, 0) is 45.7 Å². The lowest BCUT2D eigenvalue weighted by atomic mass is 10.1. The number of ether oxygens (including phenoxy) is 2. The standard InChI is InChI=1S/C17H22O3/c1-13(2)8-7-9-14(3)12-17(18)20-16-11-6-5-10-15(16)19-4/h5-6,8,10-12H,7,9H2,1-4H3/b14-12+. The van der Waals surface area contributed by atoms with Crippen molar-refractivity contribution in [3.8, 4) is 11.5 Å². The summed E-state index contributed by atoms with van der Waals surface area (Å²) in [5, 5.41) is 0. The Kier molecular flexibility index (Phi) is 6.57. The van der Waals surface area contributed by atoms with Crippen LogP contribution in [0, 0.1) is 0 Å². The maximum atomic E-state index is 11.8. The molecule has 0 atom stereocenters. The van der Waals surface area contributed by atoms with Crippen molar-refractivity contribution >= 4 is 5.97 Å². The number of methoxy groups -OCH3 is 1. The molecule has 3 nitrogen and oxygen atoms in total. The van der Waals surface area contributed by atoms with Gasteiger partial charge in [-0.3, -0.25) is 0 Å². The zero-order valence-electron chi connectivity index (χ0n) is 12.6. The van der Waals surface area contributed by atoms with E-state index >= 15 is 0 Å². The molecular weight excluding hydrogens is 252 g/mol. The molecule has 108 valence electrons. The number of carbonyl (C=O) groups is 1. The molecule has 3 heteroatoms. The monoisotopic (exact) mass is 274 g/mol. The van der Waals surface area contributed by atoms with Crippen LogP contribution in [0.1, 0.15) is 33.6 Å². The Morgan fingerprint density at radius 1 is 1.15 bits per heavy atom. The van der Waals surface area contributed by atoms with E-state index in [0.717, 1.165) is 18.4 Å². The molecule has 0 aromatic heterocycles. The first-order valence-corrected chi connectivity index (χ1v) is 6.68. The number of rotatable bonds is 6. The SMILES string of the molecule is COc1ccccc1OC(=O)/C=C(\C)CCC=C(C)C. The van der Waals surface area contributed by atoms with E-state index in [1.54, 1.807) is 25.3 Å². The Morgan fingerprint density at radius 3 is 2.40 bits per heavy atom. The third kappa shape index (κ3) is 5.74. The summed E-state index contributed by atoms with van der Waals surface area (Å²) in [6.45, 7) is 6.06. The Bertz CT molecular complexity index is 509. The molecule has 0 unspecified atom stereocenters. The second-order valence-corrected chi connectivity index (χ2v) is 4.88. The molecule has 0 aliphatic carbocycles. The van der Waals surface area contributed by atoms with Crippen LogP contribution in [0.25, 0.3) is 0 Å². The van der Waals surface area contributed by atoms with E-state index in [4.69, 9.17) is 9.47 Å². The number of esters is 1. The van der Waals surface area contributed by atoms with Gasteiger partial charge in [-0.2, -0.15) is 0 Å². The van der Waals surface area contributed by atoms with Gasteiger partial charge in [-0.15, -0.1) is 0 Å². The molecule has 1 aromatic rings. The molecule has 0 amide bonds. The van der Waals surface area contributed by atoms with Gasteiger partial charge in [-0.25, -0.2) is 4.79 Å². The van der Waals surface area contributed by atoms with Gasteiger partial charge in [0.1, 0.15) is 0 Å². The lowest BCUT2D eigenvalue weighted by Gasteiger charge is -2.07. The van der Waals surface area contributed by atoms with Gasteiger partial charge in [0, 0.05) is 6.08 Å². The second-order valence-electron chi connectivity index (χ2n) is 4.88. The van der Waals surface area contributed by atoms with Gasteiger partial charge < -0.3 is 9.47 Å². The Morgan fingerprint density at radius 2 is 1.80 bits per heavy atom. The van der Waals surface area contributed by atoms with E-state index < -0.39 is 0 Å². The first-order valence-electron chi connectivity index (χ1n) is 6.68. The fourth-order valence-electron chi connectivity index (χ4n) is 1.70. The van der Waals surface area contributed by atoms with Gasteiger partial charge in [0.2, 0.25) is 0 Å². The summed E-state index contributed by atoms with van der Waals surface area (Å²) >= 11 is 0. The molecule has 0 fully saturated rings. The maximum Gasteiger partial charge on any atom is 0.336 e.